The Hall–Kier alpha value is 0.210. The van der Waals surface area contributed by atoms with Crippen LogP contribution in [0, 0.1) is 5.92 Å². The second-order valence-corrected chi connectivity index (χ2v) is 5.48. The molecule has 0 aliphatic heterocycles. The van der Waals surface area contributed by atoms with Gasteiger partial charge in [-0.1, -0.05) is 0 Å². The maximum absolute atomic E-state index is 9.81. The van der Waals surface area contributed by atoms with Gasteiger partial charge in [-0.25, -0.2) is 0 Å². The minimum Gasteiger partial charge on any atom is -0.390 e. The van der Waals surface area contributed by atoms with Gasteiger partial charge in [-0.15, -0.1) is 11.6 Å². The molecule has 2 nitrogen and oxygen atoms in total. The van der Waals surface area contributed by atoms with Gasteiger partial charge in [0.25, 0.3) is 0 Å². The van der Waals surface area contributed by atoms with Crippen LogP contribution >= 0.6 is 11.6 Å². The van der Waals surface area contributed by atoms with Gasteiger partial charge in [0.1, 0.15) is 0 Å². The summed E-state index contributed by atoms with van der Waals surface area (Å²) >= 11 is 6.05. The molecule has 3 heteroatoms. The van der Waals surface area contributed by atoms with Crippen LogP contribution in [0.5, 0.6) is 0 Å². The molecule has 3 atom stereocenters. The molecule has 0 aromatic carbocycles. The van der Waals surface area contributed by atoms with Gasteiger partial charge in [-0.05, 0) is 46.0 Å². The van der Waals surface area contributed by atoms with Crippen LogP contribution in [0.2, 0.25) is 0 Å². The Kier molecular flexibility index (Phi) is 2.96. The summed E-state index contributed by atoms with van der Waals surface area (Å²) < 4.78 is 0. The van der Waals surface area contributed by atoms with Crippen LogP contribution in [0.25, 0.3) is 0 Å². The Morgan fingerprint density at radius 2 is 2.00 bits per heavy atom. The first-order valence-electron chi connectivity index (χ1n) is 4.82. The van der Waals surface area contributed by atoms with Gasteiger partial charge in [0, 0.05) is 0 Å². The fourth-order valence-electron chi connectivity index (χ4n) is 1.89. The molecule has 2 N–H and O–H groups in total. The second kappa shape index (κ2) is 3.41. The molecule has 1 fully saturated rings. The highest BCUT2D eigenvalue weighted by Crippen LogP contribution is 2.39. The summed E-state index contributed by atoms with van der Waals surface area (Å²) in [5.74, 6) is 0.204. The quantitative estimate of drug-likeness (QED) is 0.644. The summed E-state index contributed by atoms with van der Waals surface area (Å²) in [6, 6.07) is 0. The third-order valence-electron chi connectivity index (χ3n) is 3.16. The van der Waals surface area contributed by atoms with E-state index in [4.69, 9.17) is 11.6 Å². The van der Waals surface area contributed by atoms with Crippen LogP contribution in [-0.2, 0) is 0 Å². The minimum absolute atomic E-state index is 0.204. The molecule has 13 heavy (non-hydrogen) atoms. The fraction of sp³-hybridized carbons (Fsp3) is 1.00. The van der Waals surface area contributed by atoms with Crippen LogP contribution < -0.4 is 0 Å². The van der Waals surface area contributed by atoms with E-state index in [2.05, 4.69) is 0 Å². The lowest BCUT2D eigenvalue weighted by Gasteiger charge is -2.41. The van der Waals surface area contributed by atoms with Gasteiger partial charge in [-0.2, -0.15) is 0 Å². The van der Waals surface area contributed by atoms with Crippen molar-refractivity contribution in [2.75, 3.05) is 0 Å². The smallest absolute Gasteiger partial charge is 0.0782 e. The lowest BCUT2D eigenvalue weighted by molar-refractivity contribution is -0.0481. The fourth-order valence-corrected chi connectivity index (χ4v) is 2.21. The summed E-state index contributed by atoms with van der Waals surface area (Å²) in [6.45, 7) is 5.38. The summed E-state index contributed by atoms with van der Waals surface area (Å²) in [4.78, 5) is 0. The molecule has 78 valence electrons. The zero-order valence-corrected chi connectivity index (χ0v) is 9.30. The van der Waals surface area contributed by atoms with Crippen molar-refractivity contribution in [3.05, 3.63) is 0 Å². The van der Waals surface area contributed by atoms with Crippen molar-refractivity contribution in [3.63, 3.8) is 0 Å². The highest BCUT2D eigenvalue weighted by molar-refractivity contribution is 6.21. The van der Waals surface area contributed by atoms with Crippen LogP contribution in [-0.4, -0.2) is 26.8 Å². The standard InChI is InChI=1S/C10H19ClO2/c1-9(2,12)7-4-5-10(3,13)8(11)6-7/h7-8,12-13H,4-6H2,1-3H3/t7-,8+,10+/m0/s1. The van der Waals surface area contributed by atoms with E-state index in [0.717, 1.165) is 6.42 Å². The number of hydrogen-bond acceptors (Lipinski definition) is 2. The van der Waals surface area contributed by atoms with Crippen molar-refractivity contribution in [2.45, 2.75) is 56.6 Å². The molecule has 1 rings (SSSR count). The Labute approximate surface area is 84.9 Å². The van der Waals surface area contributed by atoms with Crippen molar-refractivity contribution in [1.82, 2.24) is 0 Å². The van der Waals surface area contributed by atoms with Gasteiger partial charge in [0.15, 0.2) is 0 Å². The summed E-state index contributed by atoms with van der Waals surface area (Å²) in [5.41, 5.74) is -1.44. The molecule has 0 aromatic heterocycles. The monoisotopic (exact) mass is 206 g/mol. The topological polar surface area (TPSA) is 40.5 Å². The molecule has 0 radical (unpaired) electrons. The second-order valence-electron chi connectivity index (χ2n) is 4.95. The zero-order valence-electron chi connectivity index (χ0n) is 8.55. The SMILES string of the molecule is CC(C)(O)[C@H]1CC[C@@](C)(O)[C@H](Cl)C1. The van der Waals surface area contributed by atoms with Gasteiger partial charge in [0.05, 0.1) is 16.6 Å². The number of hydrogen-bond donors (Lipinski definition) is 2. The third kappa shape index (κ3) is 2.58. The highest BCUT2D eigenvalue weighted by atomic mass is 35.5. The number of halogens is 1. The van der Waals surface area contributed by atoms with Gasteiger partial charge in [-0.3, -0.25) is 0 Å². The van der Waals surface area contributed by atoms with Crippen molar-refractivity contribution in [2.24, 2.45) is 5.92 Å². The van der Waals surface area contributed by atoms with E-state index in [9.17, 15) is 10.2 Å². The number of aliphatic hydroxyl groups is 2. The van der Waals surface area contributed by atoms with Crippen LogP contribution in [0.4, 0.5) is 0 Å². The van der Waals surface area contributed by atoms with Crippen molar-refractivity contribution in [1.29, 1.82) is 0 Å². The maximum Gasteiger partial charge on any atom is 0.0782 e. The van der Waals surface area contributed by atoms with Crippen molar-refractivity contribution < 1.29 is 10.2 Å². The number of alkyl halides is 1. The Morgan fingerprint density at radius 3 is 2.38 bits per heavy atom. The van der Waals surface area contributed by atoms with E-state index in [1.165, 1.54) is 0 Å². The van der Waals surface area contributed by atoms with Crippen LogP contribution in [0.1, 0.15) is 40.0 Å². The molecule has 0 saturated heterocycles. The molecule has 0 aromatic rings. The van der Waals surface area contributed by atoms with Crippen LogP contribution in [0.3, 0.4) is 0 Å². The summed E-state index contributed by atoms with van der Waals surface area (Å²) in [7, 11) is 0. The van der Waals surface area contributed by atoms with E-state index < -0.39 is 11.2 Å². The van der Waals surface area contributed by atoms with E-state index in [1.807, 2.05) is 0 Å². The largest absolute Gasteiger partial charge is 0.390 e. The lowest BCUT2D eigenvalue weighted by atomic mass is 9.73. The first-order valence-corrected chi connectivity index (χ1v) is 5.26. The maximum atomic E-state index is 9.81. The van der Waals surface area contributed by atoms with Crippen molar-refractivity contribution in [3.8, 4) is 0 Å². The molecule has 0 heterocycles. The first-order chi connectivity index (χ1) is 5.73. The minimum atomic E-state index is -0.761. The summed E-state index contributed by atoms with van der Waals surface area (Å²) in [6.07, 6.45) is 2.22. The average molecular weight is 207 g/mol. The van der Waals surface area contributed by atoms with E-state index in [-0.39, 0.29) is 11.3 Å². The predicted molar refractivity (Wildman–Crippen MR) is 53.9 cm³/mol. The van der Waals surface area contributed by atoms with E-state index in [0.29, 0.717) is 12.8 Å². The van der Waals surface area contributed by atoms with Crippen LogP contribution in [0.15, 0.2) is 0 Å². The zero-order chi connectivity index (χ0) is 10.3. The third-order valence-corrected chi connectivity index (χ3v) is 3.81. The van der Waals surface area contributed by atoms with E-state index >= 15 is 0 Å². The first kappa shape index (κ1) is 11.3. The molecule has 0 spiro atoms. The predicted octanol–water partition coefficient (Wildman–Crippen LogP) is 1.92. The average Bonchev–Trinajstić information content (AvgIpc) is 1.92. The number of rotatable bonds is 1. The highest BCUT2D eigenvalue weighted by Gasteiger charge is 2.41. The molecule has 1 saturated carbocycles. The molecule has 1 aliphatic rings. The van der Waals surface area contributed by atoms with Gasteiger partial charge in [0.2, 0.25) is 0 Å². The molecule has 0 amide bonds. The molecular formula is C10H19ClO2. The van der Waals surface area contributed by atoms with Gasteiger partial charge < -0.3 is 10.2 Å². The Balaban J connectivity index is 2.61. The van der Waals surface area contributed by atoms with E-state index in [1.54, 1.807) is 20.8 Å². The lowest BCUT2D eigenvalue weighted by Crippen LogP contribution is -2.46. The van der Waals surface area contributed by atoms with Gasteiger partial charge >= 0.3 is 0 Å². The Bertz CT molecular complexity index is 184. The normalized spacial score (nSPS) is 42.0. The molecule has 0 bridgehead atoms. The van der Waals surface area contributed by atoms with Crippen molar-refractivity contribution >= 4 is 11.6 Å². The Morgan fingerprint density at radius 1 is 1.46 bits per heavy atom. The molecule has 1 aliphatic carbocycles. The molecule has 0 unspecified atom stereocenters. The molecular weight excluding hydrogens is 188 g/mol. The summed E-state index contributed by atoms with van der Waals surface area (Å²) in [5, 5.41) is 19.4.